The molecule has 3 unspecified atom stereocenters. The molecule has 0 spiro atoms. The van der Waals surface area contributed by atoms with Crippen LogP contribution in [0.25, 0.3) is 11.0 Å². The van der Waals surface area contributed by atoms with E-state index >= 15 is 0 Å². The molecule has 3 rings (SSSR count). The highest BCUT2D eigenvalue weighted by molar-refractivity contribution is 6.42. The maximum absolute atomic E-state index is 6.30. The Morgan fingerprint density at radius 1 is 1.35 bits per heavy atom. The predicted molar refractivity (Wildman–Crippen MR) is 83.1 cm³/mol. The number of imidazole rings is 1. The minimum atomic E-state index is -0.187. The van der Waals surface area contributed by atoms with Crippen molar-refractivity contribution in [1.29, 1.82) is 0 Å². The molecule has 0 saturated carbocycles. The first-order chi connectivity index (χ1) is 9.49. The molecule has 1 aromatic heterocycles. The Morgan fingerprint density at radius 2 is 2.05 bits per heavy atom. The third kappa shape index (κ3) is 2.31. The molecular formula is C14H15Cl3N2O. The standard InChI is InChI=1S/C14H15Cl3N2O/c1-7(15)14-18-11-5-9(16)10(17)6-13(11)19(14)12-3-4-20-8(12)2/h5-8,12H,3-4H2,1-2H3. The van der Waals surface area contributed by atoms with E-state index in [1.165, 1.54) is 0 Å². The first-order valence-corrected chi connectivity index (χ1v) is 7.81. The highest BCUT2D eigenvalue weighted by atomic mass is 35.5. The first-order valence-electron chi connectivity index (χ1n) is 6.61. The van der Waals surface area contributed by atoms with Crippen molar-refractivity contribution in [3.05, 3.63) is 28.0 Å². The molecule has 2 aromatic rings. The molecule has 1 saturated heterocycles. The maximum Gasteiger partial charge on any atom is 0.128 e. The van der Waals surface area contributed by atoms with E-state index < -0.39 is 0 Å². The van der Waals surface area contributed by atoms with Gasteiger partial charge in [-0.2, -0.15) is 0 Å². The van der Waals surface area contributed by atoms with E-state index in [2.05, 4.69) is 16.5 Å². The van der Waals surface area contributed by atoms with Gasteiger partial charge in [0.05, 0.1) is 38.6 Å². The number of rotatable bonds is 2. The van der Waals surface area contributed by atoms with Crippen LogP contribution >= 0.6 is 34.8 Å². The fraction of sp³-hybridized carbons (Fsp3) is 0.500. The smallest absolute Gasteiger partial charge is 0.128 e. The van der Waals surface area contributed by atoms with Crippen LogP contribution in [0.3, 0.4) is 0 Å². The van der Waals surface area contributed by atoms with Gasteiger partial charge >= 0.3 is 0 Å². The van der Waals surface area contributed by atoms with Crippen LogP contribution in [0.5, 0.6) is 0 Å². The van der Waals surface area contributed by atoms with Crippen LogP contribution in [-0.2, 0) is 4.74 Å². The van der Waals surface area contributed by atoms with Gasteiger partial charge in [0.15, 0.2) is 0 Å². The zero-order valence-electron chi connectivity index (χ0n) is 11.2. The van der Waals surface area contributed by atoms with Gasteiger partial charge in [0, 0.05) is 6.61 Å². The molecule has 108 valence electrons. The van der Waals surface area contributed by atoms with Crippen LogP contribution < -0.4 is 0 Å². The lowest BCUT2D eigenvalue weighted by atomic mass is 10.1. The Hall–Kier alpha value is -0.480. The second-order valence-electron chi connectivity index (χ2n) is 5.14. The SMILES string of the molecule is CC(Cl)c1nc2cc(Cl)c(Cl)cc2n1C1CCOC1C. The van der Waals surface area contributed by atoms with Crippen molar-refractivity contribution in [2.45, 2.75) is 37.8 Å². The van der Waals surface area contributed by atoms with Crippen molar-refractivity contribution in [3.63, 3.8) is 0 Å². The molecule has 0 radical (unpaired) electrons. The Labute approximate surface area is 132 Å². The average Bonchev–Trinajstić information content (AvgIpc) is 2.93. The molecule has 3 nitrogen and oxygen atoms in total. The van der Waals surface area contributed by atoms with E-state index in [0.717, 1.165) is 29.9 Å². The van der Waals surface area contributed by atoms with E-state index in [9.17, 15) is 0 Å². The maximum atomic E-state index is 6.30. The van der Waals surface area contributed by atoms with Crippen LogP contribution in [0.1, 0.15) is 37.5 Å². The van der Waals surface area contributed by atoms with Crippen LogP contribution in [0.15, 0.2) is 12.1 Å². The third-order valence-corrected chi connectivity index (χ3v) is 4.70. The van der Waals surface area contributed by atoms with Gasteiger partial charge in [0.25, 0.3) is 0 Å². The van der Waals surface area contributed by atoms with E-state index in [0.29, 0.717) is 10.0 Å². The fourth-order valence-electron chi connectivity index (χ4n) is 2.80. The van der Waals surface area contributed by atoms with E-state index in [-0.39, 0.29) is 17.5 Å². The van der Waals surface area contributed by atoms with Gasteiger partial charge in [-0.15, -0.1) is 11.6 Å². The molecule has 1 aliphatic heterocycles. The Balaban J connectivity index is 2.26. The van der Waals surface area contributed by atoms with E-state index in [4.69, 9.17) is 39.5 Å². The van der Waals surface area contributed by atoms with Crippen molar-refractivity contribution < 1.29 is 4.74 Å². The van der Waals surface area contributed by atoms with Gasteiger partial charge in [0.2, 0.25) is 0 Å². The molecule has 3 atom stereocenters. The monoisotopic (exact) mass is 332 g/mol. The fourth-order valence-corrected chi connectivity index (χ4v) is 3.27. The van der Waals surface area contributed by atoms with Gasteiger partial charge in [-0.1, -0.05) is 23.2 Å². The zero-order valence-corrected chi connectivity index (χ0v) is 13.5. The summed E-state index contributed by atoms with van der Waals surface area (Å²) >= 11 is 18.5. The second kappa shape index (κ2) is 5.38. The molecule has 0 amide bonds. The highest BCUT2D eigenvalue weighted by Crippen LogP contribution is 2.37. The van der Waals surface area contributed by atoms with Crippen molar-refractivity contribution in [2.24, 2.45) is 0 Å². The summed E-state index contributed by atoms with van der Waals surface area (Å²) < 4.78 is 7.84. The summed E-state index contributed by atoms with van der Waals surface area (Å²) in [5, 5.41) is 0.849. The van der Waals surface area contributed by atoms with E-state index in [1.807, 2.05) is 13.0 Å². The Kier molecular flexibility index (Phi) is 3.89. The minimum absolute atomic E-state index is 0.135. The number of hydrogen-bond acceptors (Lipinski definition) is 2. The van der Waals surface area contributed by atoms with Gasteiger partial charge in [-0.05, 0) is 32.4 Å². The van der Waals surface area contributed by atoms with Gasteiger partial charge in [-0.25, -0.2) is 4.98 Å². The molecular weight excluding hydrogens is 319 g/mol. The number of nitrogens with zero attached hydrogens (tertiary/aromatic N) is 2. The molecule has 1 aliphatic rings. The average molecular weight is 334 g/mol. The normalized spacial score (nSPS) is 24.4. The summed E-state index contributed by atoms with van der Waals surface area (Å²) in [6, 6.07) is 3.88. The number of hydrogen-bond donors (Lipinski definition) is 0. The van der Waals surface area contributed by atoms with Crippen LogP contribution in [0, 0.1) is 0 Å². The lowest BCUT2D eigenvalue weighted by molar-refractivity contribution is 0.108. The molecule has 0 bridgehead atoms. The minimum Gasteiger partial charge on any atom is -0.376 e. The van der Waals surface area contributed by atoms with Crippen molar-refractivity contribution in [1.82, 2.24) is 9.55 Å². The van der Waals surface area contributed by atoms with Gasteiger partial charge in [0.1, 0.15) is 5.82 Å². The van der Waals surface area contributed by atoms with Crippen molar-refractivity contribution >= 4 is 45.8 Å². The van der Waals surface area contributed by atoms with Crippen LogP contribution in [0.2, 0.25) is 10.0 Å². The number of fused-ring (bicyclic) bond motifs is 1. The predicted octanol–water partition coefficient (Wildman–Crippen LogP) is 4.99. The van der Waals surface area contributed by atoms with Crippen molar-refractivity contribution in [2.75, 3.05) is 6.61 Å². The Bertz CT molecular complexity index is 653. The van der Waals surface area contributed by atoms with Crippen LogP contribution in [-0.4, -0.2) is 22.3 Å². The number of halogens is 3. The number of alkyl halides is 1. The molecule has 1 aromatic carbocycles. The third-order valence-electron chi connectivity index (χ3n) is 3.78. The summed E-state index contributed by atoms with van der Waals surface area (Å²) in [4.78, 5) is 4.63. The molecule has 0 N–H and O–H groups in total. The highest BCUT2D eigenvalue weighted by Gasteiger charge is 2.30. The molecule has 20 heavy (non-hydrogen) atoms. The topological polar surface area (TPSA) is 27.1 Å². The summed E-state index contributed by atoms with van der Waals surface area (Å²) in [5.41, 5.74) is 1.78. The first kappa shape index (κ1) is 14.5. The number of ether oxygens (including phenoxy) is 1. The van der Waals surface area contributed by atoms with Crippen LogP contribution in [0.4, 0.5) is 0 Å². The lowest BCUT2D eigenvalue weighted by Gasteiger charge is -2.20. The molecule has 2 heterocycles. The quantitative estimate of drug-likeness (QED) is 0.724. The lowest BCUT2D eigenvalue weighted by Crippen LogP contribution is -2.19. The summed E-state index contributed by atoms with van der Waals surface area (Å²) in [6.45, 7) is 4.75. The molecule has 6 heteroatoms. The largest absolute Gasteiger partial charge is 0.376 e. The zero-order chi connectivity index (χ0) is 14.4. The molecule has 0 aliphatic carbocycles. The van der Waals surface area contributed by atoms with Crippen molar-refractivity contribution in [3.8, 4) is 0 Å². The number of benzene rings is 1. The summed E-state index contributed by atoms with van der Waals surface area (Å²) in [6.07, 6.45) is 1.08. The number of aromatic nitrogens is 2. The summed E-state index contributed by atoms with van der Waals surface area (Å²) in [7, 11) is 0. The Morgan fingerprint density at radius 3 is 2.65 bits per heavy atom. The van der Waals surface area contributed by atoms with Gasteiger partial charge < -0.3 is 9.30 Å². The summed E-state index contributed by atoms with van der Waals surface area (Å²) in [5.74, 6) is 0.836. The van der Waals surface area contributed by atoms with E-state index in [1.54, 1.807) is 6.07 Å². The molecule has 1 fully saturated rings. The van der Waals surface area contributed by atoms with Gasteiger partial charge in [-0.3, -0.25) is 0 Å². The second-order valence-corrected chi connectivity index (χ2v) is 6.61.